The fourth-order valence-electron chi connectivity index (χ4n) is 2.52. The molecule has 6 nitrogen and oxygen atoms in total. The van der Waals surface area contributed by atoms with Gasteiger partial charge < -0.3 is 10.8 Å². The number of unbranched alkanes of at least 4 members (excludes halogenated alkanes) is 5. The van der Waals surface area contributed by atoms with Crippen molar-refractivity contribution in [1.29, 1.82) is 0 Å². The van der Waals surface area contributed by atoms with Crippen LogP contribution in [0.2, 0.25) is 0 Å². The van der Waals surface area contributed by atoms with Gasteiger partial charge in [0.25, 0.3) is 5.91 Å². The van der Waals surface area contributed by atoms with Crippen molar-refractivity contribution in [2.45, 2.75) is 58.3 Å². The lowest BCUT2D eigenvalue weighted by atomic mass is 10.1. The molecule has 0 atom stereocenters. The first-order chi connectivity index (χ1) is 12.0. The van der Waals surface area contributed by atoms with Crippen LogP contribution >= 0.6 is 0 Å². The fraction of sp³-hybridized carbons (Fsp3) is 0.526. The van der Waals surface area contributed by atoms with E-state index in [0.717, 1.165) is 32.1 Å². The van der Waals surface area contributed by atoms with E-state index < -0.39 is 17.8 Å². The Kier molecular flexibility index (Phi) is 9.29. The highest BCUT2D eigenvalue weighted by Gasteiger charge is 2.22. The zero-order valence-corrected chi connectivity index (χ0v) is 14.9. The minimum absolute atomic E-state index is 0.175. The van der Waals surface area contributed by atoms with Crippen molar-refractivity contribution in [3.63, 3.8) is 0 Å². The normalized spacial score (nSPS) is 10.4. The Hall–Kier alpha value is -2.37. The Morgan fingerprint density at radius 2 is 1.56 bits per heavy atom. The topological polar surface area (TPSA) is 101 Å². The Bertz CT molecular complexity index is 569. The number of carbonyl (C=O) groups excluding carboxylic acids is 2. The summed E-state index contributed by atoms with van der Waals surface area (Å²) in [5, 5.41) is 8.76. The third kappa shape index (κ3) is 7.83. The molecule has 0 heterocycles. The molecule has 138 valence electrons. The summed E-state index contributed by atoms with van der Waals surface area (Å²) in [5.74, 6) is -1.89. The van der Waals surface area contributed by atoms with Gasteiger partial charge in [-0.15, -0.1) is 0 Å². The van der Waals surface area contributed by atoms with Crippen LogP contribution in [-0.2, 0) is 9.59 Å². The van der Waals surface area contributed by atoms with Crippen LogP contribution < -0.4 is 5.73 Å². The van der Waals surface area contributed by atoms with Gasteiger partial charge in [-0.25, -0.2) is 0 Å². The van der Waals surface area contributed by atoms with E-state index in [4.69, 9.17) is 10.8 Å². The Balaban J connectivity index is 2.69. The van der Waals surface area contributed by atoms with Crippen molar-refractivity contribution in [2.24, 2.45) is 0 Å². The molecule has 0 radical (unpaired) electrons. The molecule has 0 aromatic heterocycles. The monoisotopic (exact) mass is 348 g/mol. The van der Waals surface area contributed by atoms with Crippen LogP contribution in [0.4, 0.5) is 5.69 Å². The molecule has 0 fully saturated rings. The molecule has 0 aliphatic heterocycles. The second-order valence-corrected chi connectivity index (χ2v) is 6.13. The maximum atomic E-state index is 12.6. The van der Waals surface area contributed by atoms with Gasteiger partial charge in [0.15, 0.2) is 0 Å². The molecule has 1 aromatic rings. The third-order valence-corrected chi connectivity index (χ3v) is 3.99. The SMILES string of the molecule is CCCCCCCCN(C(=O)CCC(=O)O)C(=O)c1ccc(N)cc1. The number of aliphatic carboxylic acids is 1. The maximum absolute atomic E-state index is 12.6. The molecule has 6 heteroatoms. The van der Waals surface area contributed by atoms with E-state index in [1.165, 1.54) is 11.3 Å². The van der Waals surface area contributed by atoms with Crippen molar-refractivity contribution in [3.05, 3.63) is 29.8 Å². The first kappa shape index (κ1) is 20.7. The van der Waals surface area contributed by atoms with Crippen LogP contribution in [0.5, 0.6) is 0 Å². The fourth-order valence-corrected chi connectivity index (χ4v) is 2.52. The highest BCUT2D eigenvalue weighted by atomic mass is 16.4. The number of carbonyl (C=O) groups is 3. The number of hydrogen-bond donors (Lipinski definition) is 2. The minimum Gasteiger partial charge on any atom is -0.481 e. The van der Waals surface area contributed by atoms with Gasteiger partial charge in [0.05, 0.1) is 6.42 Å². The molecule has 1 aromatic carbocycles. The molecule has 0 bridgehead atoms. The number of rotatable bonds is 11. The minimum atomic E-state index is -1.05. The van der Waals surface area contributed by atoms with Crippen molar-refractivity contribution in [3.8, 4) is 0 Å². The number of imide groups is 1. The highest BCUT2D eigenvalue weighted by molar-refractivity contribution is 6.05. The van der Waals surface area contributed by atoms with E-state index in [1.54, 1.807) is 24.3 Å². The van der Waals surface area contributed by atoms with Crippen LogP contribution in [0.15, 0.2) is 24.3 Å². The standard InChI is InChI=1S/C19H28N2O4/c1-2-3-4-5-6-7-14-21(17(22)12-13-18(23)24)19(25)15-8-10-16(20)11-9-15/h8-11H,2-7,12-14,20H2,1H3,(H,23,24). The third-order valence-electron chi connectivity index (χ3n) is 3.99. The lowest BCUT2D eigenvalue weighted by molar-refractivity contribution is -0.140. The molecule has 0 aliphatic rings. The summed E-state index contributed by atoms with van der Waals surface area (Å²) in [7, 11) is 0. The van der Waals surface area contributed by atoms with Crippen LogP contribution in [0.3, 0.4) is 0 Å². The molecule has 25 heavy (non-hydrogen) atoms. The molecule has 0 saturated carbocycles. The van der Waals surface area contributed by atoms with Crippen LogP contribution in [0.1, 0.15) is 68.6 Å². The molecule has 0 saturated heterocycles. The van der Waals surface area contributed by atoms with Crippen LogP contribution in [-0.4, -0.2) is 34.3 Å². The summed E-state index contributed by atoms with van der Waals surface area (Å²) in [6.07, 6.45) is 5.78. The molecule has 0 unspecified atom stereocenters. The van der Waals surface area contributed by atoms with Gasteiger partial charge in [-0.2, -0.15) is 0 Å². The Morgan fingerprint density at radius 3 is 2.16 bits per heavy atom. The molecular formula is C19H28N2O4. The first-order valence-electron chi connectivity index (χ1n) is 8.87. The quantitative estimate of drug-likeness (QED) is 0.471. The van der Waals surface area contributed by atoms with Gasteiger partial charge in [0.2, 0.25) is 5.91 Å². The highest BCUT2D eigenvalue weighted by Crippen LogP contribution is 2.13. The molecule has 0 aliphatic carbocycles. The Labute approximate surface area is 149 Å². The number of nitrogens with two attached hydrogens (primary N) is 1. The number of benzene rings is 1. The van der Waals surface area contributed by atoms with Gasteiger partial charge in [-0.1, -0.05) is 39.0 Å². The Morgan fingerprint density at radius 1 is 0.960 bits per heavy atom. The van der Waals surface area contributed by atoms with E-state index in [-0.39, 0.29) is 12.8 Å². The molecule has 2 amide bonds. The van der Waals surface area contributed by atoms with Crippen molar-refractivity contribution in [2.75, 3.05) is 12.3 Å². The summed E-state index contributed by atoms with van der Waals surface area (Å²) in [5.41, 5.74) is 6.54. The van der Waals surface area contributed by atoms with Gasteiger partial charge in [0.1, 0.15) is 0 Å². The number of hydrogen-bond acceptors (Lipinski definition) is 4. The predicted octanol–water partition coefficient (Wildman–Crippen LogP) is 3.46. The lowest BCUT2D eigenvalue weighted by Gasteiger charge is -2.21. The zero-order valence-electron chi connectivity index (χ0n) is 14.9. The summed E-state index contributed by atoms with van der Waals surface area (Å²) in [4.78, 5) is 36.8. The van der Waals surface area contributed by atoms with E-state index in [1.807, 2.05) is 0 Å². The predicted molar refractivity (Wildman–Crippen MR) is 97.1 cm³/mol. The number of nitrogens with zero attached hydrogens (tertiary/aromatic N) is 1. The van der Waals surface area contributed by atoms with E-state index in [9.17, 15) is 14.4 Å². The molecule has 0 spiro atoms. The first-order valence-corrected chi connectivity index (χ1v) is 8.87. The lowest BCUT2D eigenvalue weighted by Crippen LogP contribution is -2.38. The van der Waals surface area contributed by atoms with Crippen molar-refractivity contribution in [1.82, 2.24) is 4.90 Å². The van der Waals surface area contributed by atoms with Gasteiger partial charge in [-0.05, 0) is 30.7 Å². The second kappa shape index (κ2) is 11.2. The largest absolute Gasteiger partial charge is 0.481 e. The van der Waals surface area contributed by atoms with Gasteiger partial charge >= 0.3 is 5.97 Å². The summed E-state index contributed by atoms with van der Waals surface area (Å²) in [6.45, 7) is 2.46. The summed E-state index contributed by atoms with van der Waals surface area (Å²) < 4.78 is 0. The van der Waals surface area contributed by atoms with E-state index >= 15 is 0 Å². The smallest absolute Gasteiger partial charge is 0.303 e. The zero-order chi connectivity index (χ0) is 18.7. The summed E-state index contributed by atoms with van der Waals surface area (Å²) >= 11 is 0. The molecular weight excluding hydrogens is 320 g/mol. The van der Waals surface area contributed by atoms with Gasteiger partial charge in [-0.3, -0.25) is 19.3 Å². The molecule has 3 N–H and O–H groups in total. The average Bonchev–Trinajstić information content (AvgIpc) is 2.59. The van der Waals surface area contributed by atoms with Crippen molar-refractivity contribution < 1.29 is 19.5 Å². The van der Waals surface area contributed by atoms with Crippen LogP contribution in [0, 0.1) is 0 Å². The maximum Gasteiger partial charge on any atom is 0.303 e. The number of nitrogen functional groups attached to an aromatic ring is 1. The average molecular weight is 348 g/mol. The molecule has 1 rings (SSSR count). The van der Waals surface area contributed by atoms with Crippen LogP contribution in [0.25, 0.3) is 0 Å². The number of carboxylic acid groups (broad SMARTS) is 1. The summed E-state index contributed by atoms with van der Waals surface area (Å²) in [6, 6.07) is 6.38. The van der Waals surface area contributed by atoms with Gasteiger partial charge in [0, 0.05) is 24.2 Å². The van der Waals surface area contributed by atoms with E-state index in [0.29, 0.717) is 17.8 Å². The van der Waals surface area contributed by atoms with Crippen molar-refractivity contribution >= 4 is 23.5 Å². The number of amides is 2. The second-order valence-electron chi connectivity index (χ2n) is 6.13. The van der Waals surface area contributed by atoms with E-state index in [2.05, 4.69) is 6.92 Å². The number of anilines is 1. The number of carboxylic acids is 1.